The molecule has 25 heavy (non-hydrogen) atoms. The van der Waals surface area contributed by atoms with E-state index >= 15 is 0 Å². The van der Waals surface area contributed by atoms with Gasteiger partial charge in [-0.1, -0.05) is 45.0 Å². The summed E-state index contributed by atoms with van der Waals surface area (Å²) in [6.07, 6.45) is -0.330. The number of anilines is 2. The largest absolute Gasteiger partial charge is 0.399 e. The van der Waals surface area contributed by atoms with E-state index in [2.05, 4.69) is 0 Å². The van der Waals surface area contributed by atoms with E-state index in [9.17, 15) is 8.76 Å². The molecular formula is C19H28FN2O2P. The summed E-state index contributed by atoms with van der Waals surface area (Å²) in [4.78, 5) is 0. The molecule has 0 aliphatic rings. The normalized spacial score (nSPS) is 14.8. The van der Waals surface area contributed by atoms with Crippen molar-refractivity contribution in [3.63, 3.8) is 0 Å². The highest BCUT2D eigenvalue weighted by atomic mass is 31.2. The second-order valence-corrected chi connectivity index (χ2v) is 8.81. The highest BCUT2D eigenvalue weighted by Gasteiger charge is 2.27. The Hall–Kier alpha value is -1.84. The fourth-order valence-electron chi connectivity index (χ4n) is 1.79. The predicted octanol–water partition coefficient (Wildman–Crippen LogP) is 5.75. The van der Waals surface area contributed by atoms with Crippen LogP contribution in [-0.2, 0) is 9.09 Å². The Morgan fingerprint density at radius 1 is 0.920 bits per heavy atom. The number of rotatable bonds is 3. The summed E-state index contributed by atoms with van der Waals surface area (Å²) in [5.41, 5.74) is 14.9. The SMILES string of the molecule is CC(OP(C)(=O)F)C(C)(C)C.Nc1ccc(-c2ccc(N)cc2)cc1. The molecule has 138 valence electrons. The van der Waals surface area contributed by atoms with E-state index in [0.29, 0.717) is 0 Å². The number of benzene rings is 2. The Labute approximate surface area is 150 Å². The minimum Gasteiger partial charge on any atom is -0.399 e. The van der Waals surface area contributed by atoms with Gasteiger partial charge in [0.2, 0.25) is 0 Å². The van der Waals surface area contributed by atoms with Crippen LogP contribution in [0.1, 0.15) is 27.7 Å². The van der Waals surface area contributed by atoms with Crippen molar-refractivity contribution in [1.82, 2.24) is 0 Å². The van der Waals surface area contributed by atoms with E-state index in [0.717, 1.165) is 29.2 Å². The molecule has 2 aromatic carbocycles. The molecule has 0 radical (unpaired) electrons. The van der Waals surface area contributed by atoms with Crippen LogP contribution in [0.3, 0.4) is 0 Å². The van der Waals surface area contributed by atoms with Gasteiger partial charge < -0.3 is 16.0 Å². The van der Waals surface area contributed by atoms with Crippen LogP contribution in [0.5, 0.6) is 0 Å². The number of nitrogen functional groups attached to an aromatic ring is 2. The fraction of sp³-hybridized carbons (Fsp3) is 0.368. The van der Waals surface area contributed by atoms with Gasteiger partial charge in [-0.15, -0.1) is 0 Å². The average molecular weight is 366 g/mol. The molecular weight excluding hydrogens is 338 g/mol. The molecule has 0 aliphatic heterocycles. The Balaban J connectivity index is 0.000000260. The van der Waals surface area contributed by atoms with E-state index < -0.39 is 7.68 Å². The van der Waals surface area contributed by atoms with Crippen molar-refractivity contribution < 1.29 is 13.3 Å². The molecule has 4 N–H and O–H groups in total. The lowest BCUT2D eigenvalue weighted by molar-refractivity contribution is 0.0989. The van der Waals surface area contributed by atoms with Gasteiger partial charge in [-0.05, 0) is 47.7 Å². The van der Waals surface area contributed by atoms with E-state index in [-0.39, 0.29) is 11.5 Å². The third-order valence-electron chi connectivity index (χ3n) is 3.72. The van der Waals surface area contributed by atoms with Gasteiger partial charge in [0, 0.05) is 18.0 Å². The molecule has 0 aromatic heterocycles. The zero-order valence-corrected chi connectivity index (χ0v) is 16.4. The van der Waals surface area contributed by atoms with Gasteiger partial charge in [0.05, 0.1) is 6.10 Å². The number of hydrogen-bond donors (Lipinski definition) is 2. The van der Waals surface area contributed by atoms with E-state index in [4.69, 9.17) is 16.0 Å². The molecule has 0 aliphatic carbocycles. The van der Waals surface area contributed by atoms with Gasteiger partial charge >= 0.3 is 7.68 Å². The maximum Gasteiger partial charge on any atom is 0.364 e. The minimum atomic E-state index is -3.82. The smallest absolute Gasteiger partial charge is 0.364 e. The Morgan fingerprint density at radius 2 is 1.24 bits per heavy atom. The molecule has 6 heteroatoms. The van der Waals surface area contributed by atoms with Crippen LogP contribution in [0, 0.1) is 5.41 Å². The van der Waals surface area contributed by atoms with Crippen molar-refractivity contribution in [2.75, 3.05) is 18.1 Å². The van der Waals surface area contributed by atoms with Crippen LogP contribution < -0.4 is 11.5 Å². The Bertz CT molecular complexity index is 660. The minimum absolute atomic E-state index is 0.169. The molecule has 0 heterocycles. The summed E-state index contributed by atoms with van der Waals surface area (Å²) in [6, 6.07) is 15.6. The quantitative estimate of drug-likeness (QED) is 0.536. The van der Waals surface area contributed by atoms with Gasteiger partial charge in [-0.25, -0.2) is 0 Å². The zero-order valence-electron chi connectivity index (χ0n) is 15.5. The topological polar surface area (TPSA) is 78.3 Å². The van der Waals surface area contributed by atoms with Crippen molar-refractivity contribution in [2.45, 2.75) is 33.8 Å². The Morgan fingerprint density at radius 3 is 1.44 bits per heavy atom. The highest BCUT2D eigenvalue weighted by molar-refractivity contribution is 7.52. The van der Waals surface area contributed by atoms with Crippen LogP contribution >= 0.6 is 7.68 Å². The van der Waals surface area contributed by atoms with E-state index in [1.807, 2.05) is 69.3 Å². The summed E-state index contributed by atoms with van der Waals surface area (Å²) < 4.78 is 27.8. The van der Waals surface area contributed by atoms with E-state index in [1.165, 1.54) is 0 Å². The fourth-order valence-corrected chi connectivity index (χ4v) is 2.67. The third kappa shape index (κ3) is 8.19. The summed E-state index contributed by atoms with van der Waals surface area (Å²) >= 11 is 0. The molecule has 2 unspecified atom stereocenters. The van der Waals surface area contributed by atoms with Gasteiger partial charge in [0.25, 0.3) is 0 Å². The first-order valence-electron chi connectivity index (χ1n) is 8.05. The van der Waals surface area contributed by atoms with Gasteiger partial charge in [0.1, 0.15) is 0 Å². The van der Waals surface area contributed by atoms with Gasteiger partial charge in [-0.2, -0.15) is 4.20 Å². The average Bonchev–Trinajstić information content (AvgIpc) is 2.47. The van der Waals surface area contributed by atoms with Crippen molar-refractivity contribution in [1.29, 1.82) is 0 Å². The van der Waals surface area contributed by atoms with Crippen molar-refractivity contribution in [2.24, 2.45) is 5.41 Å². The molecule has 2 rings (SSSR count). The molecule has 0 spiro atoms. The highest BCUT2D eigenvalue weighted by Crippen LogP contribution is 2.47. The van der Waals surface area contributed by atoms with E-state index in [1.54, 1.807) is 6.92 Å². The summed E-state index contributed by atoms with van der Waals surface area (Å²) in [5, 5.41) is 0. The lowest BCUT2D eigenvalue weighted by Crippen LogP contribution is -2.24. The molecule has 0 saturated carbocycles. The third-order valence-corrected chi connectivity index (χ3v) is 4.41. The van der Waals surface area contributed by atoms with Crippen molar-refractivity contribution in [3.05, 3.63) is 48.5 Å². The van der Waals surface area contributed by atoms with Crippen LogP contribution in [0.15, 0.2) is 48.5 Å². The van der Waals surface area contributed by atoms with Crippen LogP contribution in [-0.4, -0.2) is 12.8 Å². The lowest BCUT2D eigenvalue weighted by atomic mass is 9.91. The first kappa shape index (κ1) is 21.2. The second kappa shape index (κ2) is 8.50. The summed E-state index contributed by atoms with van der Waals surface area (Å²) in [5.74, 6) is 0. The Kier molecular flexibility index (Phi) is 7.21. The number of halogens is 1. The second-order valence-electron chi connectivity index (χ2n) is 7.10. The van der Waals surface area contributed by atoms with Crippen LogP contribution in [0.2, 0.25) is 0 Å². The summed E-state index contributed by atoms with van der Waals surface area (Å²) in [6.45, 7) is 8.43. The van der Waals surface area contributed by atoms with Gasteiger partial charge in [0.15, 0.2) is 0 Å². The molecule has 0 bridgehead atoms. The molecule has 0 fully saturated rings. The number of nitrogens with two attached hydrogens (primary N) is 2. The van der Waals surface area contributed by atoms with Crippen molar-refractivity contribution >= 4 is 19.1 Å². The zero-order chi connectivity index (χ0) is 19.3. The first-order valence-corrected chi connectivity index (χ1v) is 10.0. The standard InChI is InChI=1S/C12H12N2.C7H16FO2P/c13-11-5-1-9(2-6-11)10-3-7-12(14)8-4-10;1-6(7(2,3)4)10-11(5,8)9/h1-8H,13-14H2;6H,1-5H3. The molecule has 2 aromatic rings. The van der Waals surface area contributed by atoms with Crippen molar-refractivity contribution in [3.8, 4) is 11.1 Å². The number of hydrogen-bond acceptors (Lipinski definition) is 4. The maximum absolute atomic E-state index is 12.5. The molecule has 0 amide bonds. The monoisotopic (exact) mass is 366 g/mol. The molecule has 4 nitrogen and oxygen atoms in total. The van der Waals surface area contributed by atoms with Crippen LogP contribution in [0.4, 0.5) is 15.6 Å². The maximum atomic E-state index is 12.5. The first-order chi connectivity index (χ1) is 11.4. The molecule has 0 saturated heterocycles. The molecule has 2 atom stereocenters. The lowest BCUT2D eigenvalue weighted by Gasteiger charge is -2.27. The predicted molar refractivity (Wildman–Crippen MR) is 105 cm³/mol. The summed E-state index contributed by atoms with van der Waals surface area (Å²) in [7, 11) is -3.82. The van der Waals surface area contributed by atoms with Crippen LogP contribution in [0.25, 0.3) is 11.1 Å². The van der Waals surface area contributed by atoms with Gasteiger partial charge in [-0.3, -0.25) is 4.57 Å².